The van der Waals surface area contributed by atoms with E-state index in [2.05, 4.69) is 25.3 Å². The Hall–Kier alpha value is -4.33. The lowest BCUT2D eigenvalue weighted by molar-refractivity contribution is -0.276. The van der Waals surface area contributed by atoms with Gasteiger partial charge in [-0.25, -0.2) is 18.8 Å². The van der Waals surface area contributed by atoms with Crippen LogP contribution in [0.25, 0.3) is 0 Å². The molecular formula is C16H9F5N8O. The number of aromatic nitrogens is 1. The lowest BCUT2D eigenvalue weighted by Crippen LogP contribution is -2.33. The fraction of sp³-hybridized carbons (Fsp3) is 0.125. The van der Waals surface area contributed by atoms with Crippen molar-refractivity contribution in [1.82, 2.24) is 10.3 Å². The summed E-state index contributed by atoms with van der Waals surface area (Å²) in [5.74, 6) is -5.28. The molecule has 14 heteroatoms. The van der Waals surface area contributed by atoms with Gasteiger partial charge in [0.2, 0.25) is 5.96 Å². The van der Waals surface area contributed by atoms with Crippen LogP contribution in [0.2, 0.25) is 0 Å². The Balaban J connectivity index is 2.36. The number of pyridine rings is 1. The summed E-state index contributed by atoms with van der Waals surface area (Å²) in [6, 6.07) is 0.892. The number of guanidine groups is 1. The third-order valence-corrected chi connectivity index (χ3v) is 3.94. The van der Waals surface area contributed by atoms with Crippen molar-refractivity contribution in [2.75, 3.05) is 16.8 Å². The van der Waals surface area contributed by atoms with Crippen molar-refractivity contribution in [2.24, 2.45) is 4.99 Å². The molecule has 0 fully saturated rings. The van der Waals surface area contributed by atoms with Crippen molar-refractivity contribution in [3.05, 3.63) is 40.5 Å². The van der Waals surface area contributed by atoms with Gasteiger partial charge < -0.3 is 21.5 Å². The van der Waals surface area contributed by atoms with Gasteiger partial charge in [0, 0.05) is 5.56 Å². The van der Waals surface area contributed by atoms with E-state index in [1.807, 2.05) is 0 Å². The Morgan fingerprint density at radius 1 is 1.13 bits per heavy atom. The van der Waals surface area contributed by atoms with Gasteiger partial charge in [0.1, 0.15) is 35.1 Å². The fourth-order valence-corrected chi connectivity index (χ4v) is 2.81. The smallest absolute Gasteiger partial charge is 0.402 e. The maximum atomic E-state index is 14.7. The number of aliphatic imine (C=N–C) groups is 1. The van der Waals surface area contributed by atoms with E-state index in [1.54, 1.807) is 6.07 Å². The molecule has 1 atom stereocenters. The van der Waals surface area contributed by atoms with Gasteiger partial charge in [0.15, 0.2) is 17.8 Å². The SMILES string of the molecule is N#CNC1=NC(c2c(F)ccc(F)c2OC(F)(F)F)c2c(nc(N)c(C#N)c2N)N1. The Kier molecular flexibility index (Phi) is 4.93. The number of rotatable bonds is 2. The average molecular weight is 424 g/mol. The molecule has 0 bridgehead atoms. The van der Waals surface area contributed by atoms with Gasteiger partial charge in [-0.15, -0.1) is 13.2 Å². The standard InChI is InChI=1S/C16H9F5N8O/c17-6-1-2-7(18)12(30-16(19,20)21)8(6)11-9-10(24)5(3-22)13(25)28-14(9)29-15(27-11)26-4-23/h1-2,11H,(H6,24,25,26,27,28,29). The van der Waals surface area contributed by atoms with Crippen molar-refractivity contribution >= 4 is 23.3 Å². The van der Waals surface area contributed by atoms with Crippen LogP contribution in [0.4, 0.5) is 39.3 Å². The Bertz CT molecular complexity index is 1150. The van der Waals surface area contributed by atoms with Crippen LogP contribution in [0.1, 0.15) is 22.7 Å². The van der Waals surface area contributed by atoms with E-state index in [9.17, 15) is 27.2 Å². The summed E-state index contributed by atoms with van der Waals surface area (Å²) in [6.07, 6.45) is -3.86. The molecule has 0 saturated heterocycles. The first-order valence-electron chi connectivity index (χ1n) is 7.79. The Labute approximate surface area is 164 Å². The largest absolute Gasteiger partial charge is 0.573 e. The lowest BCUT2D eigenvalue weighted by atomic mass is 9.94. The van der Waals surface area contributed by atoms with E-state index in [4.69, 9.17) is 16.7 Å². The molecule has 1 aromatic heterocycles. The normalized spacial score (nSPS) is 15.2. The summed E-state index contributed by atoms with van der Waals surface area (Å²) in [6.45, 7) is 0. The van der Waals surface area contributed by atoms with Crippen molar-refractivity contribution < 1.29 is 26.7 Å². The van der Waals surface area contributed by atoms with Crippen LogP contribution in [-0.4, -0.2) is 17.3 Å². The van der Waals surface area contributed by atoms with E-state index in [0.717, 1.165) is 0 Å². The molecule has 3 rings (SSSR count). The minimum Gasteiger partial charge on any atom is -0.402 e. The van der Waals surface area contributed by atoms with E-state index in [1.165, 1.54) is 6.19 Å². The van der Waals surface area contributed by atoms with Crippen molar-refractivity contribution in [2.45, 2.75) is 12.4 Å². The highest BCUT2D eigenvalue weighted by molar-refractivity contribution is 5.98. The highest BCUT2D eigenvalue weighted by Gasteiger charge is 2.39. The van der Waals surface area contributed by atoms with Crippen molar-refractivity contribution in [3.63, 3.8) is 0 Å². The number of nitrogen functional groups attached to an aromatic ring is 2. The maximum absolute atomic E-state index is 14.7. The number of benzene rings is 1. The third kappa shape index (κ3) is 3.53. The van der Waals surface area contributed by atoms with E-state index in [0.29, 0.717) is 12.1 Å². The molecule has 9 nitrogen and oxygen atoms in total. The molecule has 30 heavy (non-hydrogen) atoms. The first-order valence-corrected chi connectivity index (χ1v) is 7.79. The number of anilines is 3. The van der Waals surface area contributed by atoms with Crippen LogP contribution < -0.4 is 26.8 Å². The minimum absolute atomic E-state index is 0.233. The second kappa shape index (κ2) is 7.25. The zero-order valence-electron chi connectivity index (χ0n) is 14.5. The van der Waals surface area contributed by atoms with Crippen LogP contribution >= 0.6 is 0 Å². The predicted octanol–water partition coefficient (Wildman–Crippen LogP) is 2.24. The van der Waals surface area contributed by atoms with Crippen LogP contribution in [-0.2, 0) is 0 Å². The molecule has 0 aliphatic carbocycles. The second-order valence-corrected chi connectivity index (χ2v) is 5.72. The zero-order chi connectivity index (χ0) is 22.2. The third-order valence-electron chi connectivity index (χ3n) is 3.94. The summed E-state index contributed by atoms with van der Waals surface area (Å²) < 4.78 is 71.0. The highest BCUT2D eigenvalue weighted by atomic mass is 19.4. The second-order valence-electron chi connectivity index (χ2n) is 5.72. The van der Waals surface area contributed by atoms with Gasteiger partial charge >= 0.3 is 6.36 Å². The maximum Gasteiger partial charge on any atom is 0.573 e. The molecular weight excluding hydrogens is 415 g/mol. The molecule has 2 aromatic rings. The Morgan fingerprint density at radius 3 is 2.40 bits per heavy atom. The number of halogens is 5. The number of hydrogen-bond donors (Lipinski definition) is 4. The molecule has 0 radical (unpaired) electrons. The van der Waals surface area contributed by atoms with Crippen LogP contribution in [0.15, 0.2) is 17.1 Å². The van der Waals surface area contributed by atoms with Gasteiger partial charge in [-0.3, -0.25) is 5.32 Å². The number of nitrogens with zero attached hydrogens (tertiary/aromatic N) is 4. The van der Waals surface area contributed by atoms with Gasteiger partial charge in [-0.2, -0.15) is 10.5 Å². The number of hydrogen-bond acceptors (Lipinski definition) is 9. The van der Waals surface area contributed by atoms with E-state index >= 15 is 0 Å². The first kappa shape index (κ1) is 20.4. The summed E-state index contributed by atoms with van der Waals surface area (Å²) in [7, 11) is 0. The topological polar surface area (TPSA) is 158 Å². The van der Waals surface area contributed by atoms with E-state index < -0.39 is 35.4 Å². The molecule has 1 aliphatic heterocycles. The molecule has 1 aliphatic rings. The predicted molar refractivity (Wildman–Crippen MR) is 92.5 cm³/mol. The number of ether oxygens (including phenoxy) is 1. The molecule has 2 heterocycles. The highest BCUT2D eigenvalue weighted by Crippen LogP contribution is 2.45. The van der Waals surface area contributed by atoms with E-state index in [-0.39, 0.29) is 34.4 Å². The van der Waals surface area contributed by atoms with Gasteiger partial charge in [0.25, 0.3) is 0 Å². The number of nitriles is 2. The molecule has 1 unspecified atom stereocenters. The quantitative estimate of drug-likeness (QED) is 0.325. The number of nitrogens with two attached hydrogens (primary N) is 2. The van der Waals surface area contributed by atoms with Gasteiger partial charge in [-0.1, -0.05) is 0 Å². The first-order chi connectivity index (χ1) is 14.1. The van der Waals surface area contributed by atoms with Crippen molar-refractivity contribution in [3.8, 4) is 18.0 Å². The summed E-state index contributed by atoms with van der Waals surface area (Å²) in [4.78, 5) is 7.75. The molecule has 154 valence electrons. The molecule has 1 aromatic carbocycles. The molecule has 0 saturated carbocycles. The lowest BCUT2D eigenvalue weighted by Gasteiger charge is -2.27. The zero-order valence-corrected chi connectivity index (χ0v) is 14.5. The monoisotopic (exact) mass is 424 g/mol. The molecule has 0 spiro atoms. The summed E-state index contributed by atoms with van der Waals surface area (Å²) in [5, 5.41) is 22.6. The molecule has 6 N–H and O–H groups in total. The van der Waals surface area contributed by atoms with Gasteiger partial charge in [-0.05, 0) is 12.1 Å². The number of nitrogens with one attached hydrogen (secondary N) is 2. The summed E-state index contributed by atoms with van der Waals surface area (Å²) in [5.41, 5.74) is 9.59. The number of alkyl halides is 3. The number of fused-ring (bicyclic) bond motifs is 1. The van der Waals surface area contributed by atoms with Crippen LogP contribution in [0.3, 0.4) is 0 Å². The average Bonchev–Trinajstić information content (AvgIpc) is 2.63. The fourth-order valence-electron chi connectivity index (χ4n) is 2.81. The summed E-state index contributed by atoms with van der Waals surface area (Å²) >= 11 is 0. The van der Waals surface area contributed by atoms with Crippen LogP contribution in [0, 0.1) is 34.4 Å². The molecule has 0 amide bonds. The minimum atomic E-state index is -5.36. The van der Waals surface area contributed by atoms with Crippen molar-refractivity contribution in [1.29, 1.82) is 10.5 Å². The van der Waals surface area contributed by atoms with Gasteiger partial charge in [0.05, 0.1) is 11.3 Å². The Morgan fingerprint density at radius 2 is 1.80 bits per heavy atom. The van der Waals surface area contributed by atoms with Crippen LogP contribution in [0.5, 0.6) is 5.75 Å².